The molecule has 0 aliphatic rings. The molecule has 0 unspecified atom stereocenters. The smallest absolute Gasteiger partial charge is 0.151 e. The molecular weight excluding hydrogens is 337 g/mol. The molecule has 0 saturated carbocycles. The molecule has 0 fully saturated rings. The summed E-state index contributed by atoms with van der Waals surface area (Å²) in [5.41, 5.74) is 0.618. The van der Waals surface area contributed by atoms with Crippen molar-refractivity contribution in [2.24, 2.45) is 0 Å². The average molecular weight is 357 g/mol. The van der Waals surface area contributed by atoms with Crippen LogP contribution in [-0.2, 0) is 4.52 Å². The van der Waals surface area contributed by atoms with Crippen LogP contribution in [0.2, 0.25) is 0 Å². The molecule has 6 heteroatoms. The van der Waals surface area contributed by atoms with Crippen molar-refractivity contribution in [2.45, 2.75) is 0 Å². The normalized spacial score (nSPS) is 12.2. The second-order valence-electron chi connectivity index (χ2n) is 5.21. The van der Waals surface area contributed by atoms with E-state index in [1.165, 1.54) is 13.3 Å². The molecule has 3 rings (SSSR count). The number of aldehydes is 1. The Morgan fingerprint density at radius 2 is 1.40 bits per heavy atom. The van der Waals surface area contributed by atoms with Crippen LogP contribution in [0, 0.1) is 0 Å². The number of nitrogens with zero attached hydrogens (tertiary/aromatic N) is 1. The van der Waals surface area contributed by atoms with Gasteiger partial charge >= 0.3 is 100.0 Å². The van der Waals surface area contributed by atoms with Crippen LogP contribution in [0.3, 0.4) is 0 Å². The SMILES string of the molecule is COP(O)(O)(c1ccccc1)c1ccccc1.O=Cc1cccnc1. The molecule has 0 aliphatic heterocycles. The van der Waals surface area contributed by atoms with Gasteiger partial charge in [-0.1, -0.05) is 0 Å². The molecule has 0 aliphatic carbocycles. The minimum Gasteiger partial charge on any atom is -0.298 e. The minimum atomic E-state index is -4.46. The Balaban J connectivity index is 0.000000236. The summed E-state index contributed by atoms with van der Waals surface area (Å²) in [6, 6.07) is 20.7. The standard InChI is InChI=1S/C13H15O3P.C6H5NO/c1-16-17(14,15,12-8-4-2-5-9-12)13-10-6-3-7-11-13;8-5-6-2-1-3-7-4-6/h2-11,14-15H,1H3;1-5H. The first kappa shape index (κ1) is 18.9. The van der Waals surface area contributed by atoms with Crippen molar-refractivity contribution in [3.8, 4) is 0 Å². The monoisotopic (exact) mass is 357 g/mol. The van der Waals surface area contributed by atoms with Gasteiger partial charge in [0.25, 0.3) is 0 Å². The van der Waals surface area contributed by atoms with Gasteiger partial charge in [0.1, 0.15) is 0 Å². The van der Waals surface area contributed by atoms with Gasteiger partial charge in [-0.3, -0.25) is 9.78 Å². The third-order valence-electron chi connectivity index (χ3n) is 3.61. The number of pyridine rings is 1. The van der Waals surface area contributed by atoms with E-state index in [0.717, 1.165) is 6.29 Å². The number of carbonyl (C=O) groups excluding carboxylic acids is 1. The van der Waals surface area contributed by atoms with Crippen LogP contribution in [0.25, 0.3) is 0 Å². The van der Waals surface area contributed by atoms with E-state index in [1.54, 1.807) is 66.9 Å². The largest absolute Gasteiger partial charge is 0.298 e. The van der Waals surface area contributed by atoms with Crippen molar-refractivity contribution < 1.29 is 19.1 Å². The van der Waals surface area contributed by atoms with Crippen LogP contribution >= 0.6 is 7.28 Å². The Hall–Kier alpha value is -2.43. The summed E-state index contributed by atoms with van der Waals surface area (Å²) in [4.78, 5) is 35.1. The number of rotatable bonds is 4. The molecule has 1 heterocycles. The van der Waals surface area contributed by atoms with Crippen LogP contribution in [0.5, 0.6) is 0 Å². The predicted molar refractivity (Wildman–Crippen MR) is 100 cm³/mol. The van der Waals surface area contributed by atoms with Gasteiger partial charge in [0.15, 0.2) is 6.29 Å². The average Bonchev–Trinajstić information content (AvgIpc) is 2.71. The predicted octanol–water partition coefficient (Wildman–Crippen LogP) is 2.46. The molecule has 3 aromatic rings. The second kappa shape index (κ2) is 8.10. The summed E-state index contributed by atoms with van der Waals surface area (Å²) in [5, 5.41) is 0.791. The molecule has 0 amide bonds. The summed E-state index contributed by atoms with van der Waals surface area (Å²) in [7, 11) is -3.14. The van der Waals surface area contributed by atoms with E-state index in [2.05, 4.69) is 4.98 Å². The van der Waals surface area contributed by atoms with Crippen molar-refractivity contribution in [2.75, 3.05) is 7.11 Å². The van der Waals surface area contributed by atoms with E-state index in [0.29, 0.717) is 16.2 Å². The molecule has 0 bridgehead atoms. The Labute approximate surface area is 146 Å². The van der Waals surface area contributed by atoms with Crippen LogP contribution in [0.4, 0.5) is 0 Å². The van der Waals surface area contributed by atoms with Crippen LogP contribution in [0.15, 0.2) is 85.2 Å². The number of carbonyl (C=O) groups is 1. The van der Waals surface area contributed by atoms with Gasteiger partial charge < -0.3 is 0 Å². The van der Waals surface area contributed by atoms with Gasteiger partial charge in [-0.05, 0) is 12.1 Å². The summed E-state index contributed by atoms with van der Waals surface area (Å²) in [5.74, 6) is 0. The Morgan fingerprint density at radius 3 is 1.72 bits per heavy atom. The van der Waals surface area contributed by atoms with Gasteiger partial charge in [0, 0.05) is 18.0 Å². The molecule has 0 saturated heterocycles. The quantitative estimate of drug-likeness (QED) is 0.554. The topological polar surface area (TPSA) is 79.6 Å². The molecule has 25 heavy (non-hydrogen) atoms. The maximum atomic E-state index is 10.7. The molecule has 5 nitrogen and oxygen atoms in total. The fourth-order valence-electron chi connectivity index (χ4n) is 2.20. The Morgan fingerprint density at radius 1 is 0.880 bits per heavy atom. The van der Waals surface area contributed by atoms with Crippen LogP contribution in [-0.4, -0.2) is 28.2 Å². The van der Waals surface area contributed by atoms with Gasteiger partial charge in [-0.2, -0.15) is 0 Å². The van der Waals surface area contributed by atoms with Crippen LogP contribution in [0.1, 0.15) is 10.4 Å². The van der Waals surface area contributed by atoms with Crippen LogP contribution < -0.4 is 10.6 Å². The molecule has 1 aromatic heterocycles. The van der Waals surface area contributed by atoms with Crippen molar-refractivity contribution >= 4 is 24.2 Å². The van der Waals surface area contributed by atoms with Crippen molar-refractivity contribution in [3.05, 3.63) is 90.8 Å². The maximum absolute atomic E-state index is 10.7. The minimum absolute atomic E-state index is 0.396. The van der Waals surface area contributed by atoms with Crippen molar-refractivity contribution in [3.63, 3.8) is 0 Å². The number of aromatic nitrogens is 1. The molecule has 0 radical (unpaired) electrons. The zero-order valence-electron chi connectivity index (χ0n) is 13.8. The van der Waals surface area contributed by atoms with Crippen molar-refractivity contribution in [1.29, 1.82) is 0 Å². The summed E-state index contributed by atoms with van der Waals surface area (Å²) in [6.45, 7) is 0. The number of hydrogen-bond acceptors (Lipinski definition) is 5. The zero-order valence-corrected chi connectivity index (χ0v) is 14.7. The van der Waals surface area contributed by atoms with Gasteiger partial charge in [0.2, 0.25) is 0 Å². The summed E-state index contributed by atoms with van der Waals surface area (Å²) >= 11 is 0. The number of benzene rings is 2. The molecule has 0 atom stereocenters. The first-order valence-corrected chi connectivity index (χ1v) is 9.60. The summed E-state index contributed by atoms with van der Waals surface area (Å²) < 4.78 is 5.14. The Bertz CT molecular complexity index is 752. The van der Waals surface area contributed by atoms with E-state index in [4.69, 9.17) is 4.52 Å². The zero-order chi connectivity index (χ0) is 18.2. The van der Waals surface area contributed by atoms with E-state index in [9.17, 15) is 14.6 Å². The number of hydrogen-bond donors (Lipinski definition) is 2. The Kier molecular flexibility index (Phi) is 6.12. The fourth-order valence-corrected chi connectivity index (χ4v) is 4.34. The van der Waals surface area contributed by atoms with E-state index >= 15 is 0 Å². The second-order valence-corrected chi connectivity index (χ2v) is 8.50. The first-order valence-electron chi connectivity index (χ1n) is 7.54. The van der Waals surface area contributed by atoms with E-state index < -0.39 is 7.28 Å². The van der Waals surface area contributed by atoms with Gasteiger partial charge in [-0.25, -0.2) is 0 Å². The van der Waals surface area contributed by atoms with E-state index in [-0.39, 0.29) is 0 Å². The molecule has 2 N–H and O–H groups in total. The molecule has 130 valence electrons. The third-order valence-corrected chi connectivity index (χ3v) is 6.76. The first-order chi connectivity index (χ1) is 12.0. The maximum Gasteiger partial charge on any atom is 0.151 e. The third kappa shape index (κ3) is 4.35. The molecular formula is C19H20NO4P. The van der Waals surface area contributed by atoms with E-state index in [1.807, 2.05) is 12.1 Å². The van der Waals surface area contributed by atoms with Gasteiger partial charge in [-0.15, -0.1) is 0 Å². The molecule has 2 aromatic carbocycles. The van der Waals surface area contributed by atoms with Crippen molar-refractivity contribution in [1.82, 2.24) is 4.98 Å². The fraction of sp³-hybridized carbons (Fsp3) is 0.0526. The molecule has 0 spiro atoms. The van der Waals surface area contributed by atoms with Gasteiger partial charge in [0.05, 0.1) is 0 Å². The summed E-state index contributed by atoms with van der Waals surface area (Å²) in [6.07, 6.45) is 3.92.